The molecule has 5 nitrogen and oxygen atoms in total. The number of anilines is 1. The monoisotopic (exact) mass is 453 g/mol. The smallest absolute Gasteiger partial charge is 0.129 e. The van der Waals surface area contributed by atoms with Gasteiger partial charge in [-0.25, -0.2) is 9.97 Å². The van der Waals surface area contributed by atoms with Crippen molar-refractivity contribution in [2.24, 2.45) is 10.9 Å². The third-order valence-corrected chi connectivity index (χ3v) is 7.32. The second-order valence-electron chi connectivity index (χ2n) is 11.3. The summed E-state index contributed by atoms with van der Waals surface area (Å²) in [5, 5.41) is 3.73. The van der Waals surface area contributed by atoms with Crippen molar-refractivity contribution in [3.8, 4) is 11.3 Å². The molecule has 0 spiro atoms. The highest BCUT2D eigenvalue weighted by Gasteiger charge is 2.31. The van der Waals surface area contributed by atoms with E-state index in [-0.39, 0.29) is 5.54 Å². The van der Waals surface area contributed by atoms with Crippen molar-refractivity contribution in [1.29, 1.82) is 0 Å². The third-order valence-electron chi connectivity index (χ3n) is 7.32. The van der Waals surface area contributed by atoms with Gasteiger partial charge in [0.2, 0.25) is 0 Å². The fraction of sp³-hybridized carbons (Fsp3) is 0.483. The minimum absolute atomic E-state index is 0.137. The fourth-order valence-corrected chi connectivity index (χ4v) is 5.52. The van der Waals surface area contributed by atoms with Crippen LogP contribution in [0.5, 0.6) is 0 Å². The summed E-state index contributed by atoms with van der Waals surface area (Å²) in [5.41, 5.74) is 9.60. The average Bonchev–Trinajstić information content (AvgIpc) is 3.42. The first kappa shape index (κ1) is 21.7. The molecule has 1 saturated heterocycles. The van der Waals surface area contributed by atoms with Crippen molar-refractivity contribution in [2.45, 2.75) is 71.4 Å². The molecule has 0 bridgehead atoms. The number of nitrogens with zero attached hydrogens (tertiary/aromatic N) is 4. The van der Waals surface area contributed by atoms with Crippen LogP contribution in [0.25, 0.3) is 22.3 Å². The molecule has 1 saturated carbocycles. The molecule has 176 valence electrons. The van der Waals surface area contributed by atoms with Crippen LogP contribution in [0.15, 0.2) is 41.4 Å². The number of pyridine rings is 2. The molecule has 1 unspecified atom stereocenters. The van der Waals surface area contributed by atoms with Crippen molar-refractivity contribution in [3.63, 3.8) is 0 Å². The Morgan fingerprint density at radius 2 is 1.79 bits per heavy atom. The fourth-order valence-electron chi connectivity index (χ4n) is 5.52. The highest BCUT2D eigenvalue weighted by atomic mass is 15.2. The van der Waals surface area contributed by atoms with Crippen LogP contribution in [-0.2, 0) is 12.8 Å². The molecule has 1 atom stereocenters. The lowest BCUT2D eigenvalue weighted by molar-refractivity contribution is 0.373. The lowest BCUT2D eigenvalue weighted by Gasteiger charge is -2.26. The number of aryl methyl sites for hydroxylation is 1. The van der Waals surface area contributed by atoms with Crippen LogP contribution in [0, 0.1) is 5.92 Å². The molecule has 5 heteroatoms. The zero-order valence-corrected chi connectivity index (χ0v) is 20.9. The van der Waals surface area contributed by atoms with Gasteiger partial charge < -0.3 is 10.2 Å². The molecule has 1 aliphatic carbocycles. The van der Waals surface area contributed by atoms with Gasteiger partial charge in [0.15, 0.2) is 0 Å². The second kappa shape index (κ2) is 8.16. The highest BCUT2D eigenvalue weighted by molar-refractivity contribution is 5.98. The Morgan fingerprint density at radius 1 is 1.00 bits per heavy atom. The van der Waals surface area contributed by atoms with Crippen LogP contribution in [0.3, 0.4) is 0 Å². The molecule has 3 aliphatic rings. The van der Waals surface area contributed by atoms with Crippen LogP contribution >= 0.6 is 0 Å². The van der Waals surface area contributed by atoms with Gasteiger partial charge in [-0.1, -0.05) is 6.92 Å². The number of fused-ring (bicyclic) bond motifs is 2. The number of nitrogens with one attached hydrogen (secondary N) is 1. The van der Waals surface area contributed by atoms with Gasteiger partial charge in [0.25, 0.3) is 0 Å². The molecule has 2 fully saturated rings. The Hall–Kier alpha value is -2.79. The maximum Gasteiger partial charge on any atom is 0.129 e. The van der Waals surface area contributed by atoms with Crippen LogP contribution in [-0.4, -0.2) is 40.3 Å². The van der Waals surface area contributed by atoms with Crippen LogP contribution in [0.1, 0.15) is 58.1 Å². The van der Waals surface area contributed by atoms with E-state index >= 15 is 0 Å². The maximum absolute atomic E-state index is 5.05. The van der Waals surface area contributed by atoms with Crippen LogP contribution in [0.4, 0.5) is 11.5 Å². The highest BCUT2D eigenvalue weighted by Crippen LogP contribution is 2.41. The Bertz CT molecular complexity index is 1280. The second-order valence-corrected chi connectivity index (χ2v) is 11.3. The van der Waals surface area contributed by atoms with E-state index in [2.05, 4.69) is 74.3 Å². The van der Waals surface area contributed by atoms with Gasteiger partial charge in [0.05, 0.1) is 22.4 Å². The van der Waals surface area contributed by atoms with E-state index in [0.717, 1.165) is 60.8 Å². The van der Waals surface area contributed by atoms with Crippen LogP contribution < -0.4 is 10.2 Å². The number of aliphatic imine (C=N–C) groups is 1. The Kier molecular flexibility index (Phi) is 5.21. The molecule has 4 heterocycles. The van der Waals surface area contributed by atoms with Gasteiger partial charge in [-0.2, -0.15) is 0 Å². The van der Waals surface area contributed by atoms with E-state index in [1.165, 1.54) is 40.9 Å². The summed E-state index contributed by atoms with van der Waals surface area (Å²) < 4.78 is 0. The molecule has 0 radical (unpaired) electrons. The Labute approximate surface area is 202 Å². The predicted molar refractivity (Wildman–Crippen MR) is 141 cm³/mol. The summed E-state index contributed by atoms with van der Waals surface area (Å²) in [4.78, 5) is 17.4. The van der Waals surface area contributed by atoms with Gasteiger partial charge in [-0.05, 0) is 99.9 Å². The largest absolute Gasteiger partial charge is 0.355 e. The van der Waals surface area contributed by atoms with Crippen molar-refractivity contribution in [2.75, 3.05) is 18.0 Å². The lowest BCUT2D eigenvalue weighted by atomic mass is 9.96. The number of rotatable bonds is 5. The van der Waals surface area contributed by atoms with E-state index in [9.17, 15) is 0 Å². The van der Waals surface area contributed by atoms with Gasteiger partial charge in [-0.3, -0.25) is 4.99 Å². The average molecular weight is 454 g/mol. The van der Waals surface area contributed by atoms with Gasteiger partial charge >= 0.3 is 0 Å². The normalized spacial score (nSPS) is 20.2. The minimum Gasteiger partial charge on any atom is -0.355 e. The minimum atomic E-state index is 0.137. The first-order valence-corrected chi connectivity index (χ1v) is 12.9. The molecular weight excluding hydrogens is 418 g/mol. The molecule has 0 amide bonds. The van der Waals surface area contributed by atoms with Gasteiger partial charge in [-0.15, -0.1) is 0 Å². The maximum atomic E-state index is 5.05. The first-order valence-electron chi connectivity index (χ1n) is 12.9. The standard InChI is InChI=1S/C29H35N5/c1-5-18-15-27-20(16-26(31-27)19-6-7-19)14-22(18)23-8-9-25-24(30-23)10-11-28(32-25)34-13-12-21(17-34)33-29(2,3)4/h8-11,14-15,19,21,33H,5-7,12-13,16-17H2,1-4H3. The summed E-state index contributed by atoms with van der Waals surface area (Å²) in [6.45, 7) is 11.0. The predicted octanol–water partition coefficient (Wildman–Crippen LogP) is 5.86. The molecule has 1 aromatic carbocycles. The molecule has 6 rings (SSSR count). The molecule has 2 aromatic heterocycles. The topological polar surface area (TPSA) is 53.4 Å². The molecule has 3 aromatic rings. The summed E-state index contributed by atoms with van der Waals surface area (Å²) in [5.74, 6) is 1.78. The number of aromatic nitrogens is 2. The van der Waals surface area contributed by atoms with E-state index in [4.69, 9.17) is 15.0 Å². The number of hydrogen-bond donors (Lipinski definition) is 1. The van der Waals surface area contributed by atoms with E-state index in [1.54, 1.807) is 0 Å². The van der Waals surface area contributed by atoms with E-state index < -0.39 is 0 Å². The zero-order chi connectivity index (χ0) is 23.4. The molecular formula is C29H35N5. The lowest BCUT2D eigenvalue weighted by Crippen LogP contribution is -2.44. The quantitative estimate of drug-likeness (QED) is 0.525. The summed E-state index contributed by atoms with van der Waals surface area (Å²) in [6, 6.07) is 13.7. The molecule has 2 aliphatic heterocycles. The Morgan fingerprint density at radius 3 is 2.56 bits per heavy atom. The van der Waals surface area contributed by atoms with E-state index in [0.29, 0.717) is 6.04 Å². The van der Waals surface area contributed by atoms with Gasteiger partial charge in [0.1, 0.15) is 5.82 Å². The van der Waals surface area contributed by atoms with Gasteiger partial charge in [0, 0.05) is 42.4 Å². The SMILES string of the molecule is CCc1cc2c(cc1-c1ccc3nc(N4CCC(NC(C)(C)C)C4)ccc3n1)CC(C1CC1)=N2. The summed E-state index contributed by atoms with van der Waals surface area (Å²) in [6.07, 6.45) is 5.76. The van der Waals surface area contributed by atoms with Crippen molar-refractivity contribution < 1.29 is 0 Å². The molecule has 34 heavy (non-hydrogen) atoms. The number of benzene rings is 1. The zero-order valence-electron chi connectivity index (χ0n) is 20.9. The number of hydrogen-bond acceptors (Lipinski definition) is 5. The molecule has 1 N–H and O–H groups in total. The van der Waals surface area contributed by atoms with Crippen molar-refractivity contribution in [3.05, 3.63) is 47.5 Å². The van der Waals surface area contributed by atoms with Crippen molar-refractivity contribution >= 4 is 28.3 Å². The van der Waals surface area contributed by atoms with Crippen molar-refractivity contribution in [1.82, 2.24) is 15.3 Å². The summed E-state index contributed by atoms with van der Waals surface area (Å²) >= 11 is 0. The van der Waals surface area contributed by atoms with E-state index in [1.807, 2.05) is 0 Å². The summed E-state index contributed by atoms with van der Waals surface area (Å²) in [7, 11) is 0. The first-order chi connectivity index (χ1) is 16.4. The Balaban J connectivity index is 1.26. The van der Waals surface area contributed by atoms with Crippen LogP contribution in [0.2, 0.25) is 0 Å². The third kappa shape index (κ3) is 4.22.